The van der Waals surface area contributed by atoms with Gasteiger partial charge in [-0.15, -0.1) is 0 Å². The molecule has 1 unspecified atom stereocenters. The molecule has 0 spiro atoms. The van der Waals surface area contributed by atoms with Gasteiger partial charge in [0.15, 0.2) is 5.82 Å². The number of hydrogen-bond acceptors (Lipinski definition) is 6. The number of rotatable bonds is 4. The van der Waals surface area contributed by atoms with Crippen LogP contribution in [0.1, 0.15) is 42.2 Å². The third-order valence-electron chi connectivity index (χ3n) is 4.73. The van der Waals surface area contributed by atoms with Crippen LogP contribution < -0.4 is 0 Å². The lowest BCUT2D eigenvalue weighted by Gasteiger charge is -2.37. The standard InChI is InChI=1S/C15H22N6O/c1-19-7-8-21(9-12-5-6-16-20(12)2)10-13(19)15-17-14(18-22-15)11-3-4-11/h5-6,11,13H,3-4,7-10H2,1-2H3. The molecule has 7 nitrogen and oxygen atoms in total. The summed E-state index contributed by atoms with van der Waals surface area (Å²) >= 11 is 0. The van der Waals surface area contributed by atoms with Crippen LogP contribution in [0, 0.1) is 0 Å². The van der Waals surface area contributed by atoms with E-state index < -0.39 is 0 Å². The molecule has 1 saturated carbocycles. The maximum atomic E-state index is 5.54. The fourth-order valence-corrected chi connectivity index (χ4v) is 3.02. The number of piperazine rings is 1. The van der Waals surface area contributed by atoms with Crippen molar-refractivity contribution in [2.45, 2.75) is 31.3 Å². The third-order valence-corrected chi connectivity index (χ3v) is 4.73. The average Bonchev–Trinajstić information content (AvgIpc) is 3.12. The highest BCUT2D eigenvalue weighted by Gasteiger charge is 2.33. The Morgan fingerprint density at radius 3 is 2.86 bits per heavy atom. The molecule has 7 heteroatoms. The van der Waals surface area contributed by atoms with Gasteiger partial charge in [0.25, 0.3) is 0 Å². The van der Waals surface area contributed by atoms with E-state index in [9.17, 15) is 0 Å². The molecule has 2 aromatic heterocycles. The van der Waals surface area contributed by atoms with Crippen molar-refractivity contribution in [3.05, 3.63) is 29.7 Å². The molecular weight excluding hydrogens is 280 g/mol. The molecule has 0 N–H and O–H groups in total. The molecule has 2 aliphatic rings. The summed E-state index contributed by atoms with van der Waals surface area (Å²) in [5.41, 5.74) is 1.23. The Labute approximate surface area is 129 Å². The molecule has 0 amide bonds. The zero-order valence-corrected chi connectivity index (χ0v) is 13.1. The van der Waals surface area contributed by atoms with Gasteiger partial charge in [0.2, 0.25) is 5.89 Å². The quantitative estimate of drug-likeness (QED) is 0.845. The lowest BCUT2D eigenvalue weighted by Crippen LogP contribution is -2.46. The molecular formula is C15H22N6O. The van der Waals surface area contributed by atoms with E-state index in [4.69, 9.17) is 4.52 Å². The molecule has 1 atom stereocenters. The predicted octanol–water partition coefficient (Wildman–Crippen LogP) is 1.17. The molecule has 2 fully saturated rings. The fourth-order valence-electron chi connectivity index (χ4n) is 3.02. The molecule has 0 radical (unpaired) electrons. The Hall–Kier alpha value is -1.73. The lowest BCUT2D eigenvalue weighted by molar-refractivity contribution is 0.0700. The molecule has 118 valence electrons. The van der Waals surface area contributed by atoms with Gasteiger partial charge in [0.05, 0.1) is 5.69 Å². The topological polar surface area (TPSA) is 63.2 Å². The van der Waals surface area contributed by atoms with E-state index in [0.717, 1.165) is 37.9 Å². The molecule has 22 heavy (non-hydrogen) atoms. The summed E-state index contributed by atoms with van der Waals surface area (Å²) in [6.07, 6.45) is 4.25. The molecule has 1 aliphatic carbocycles. The zero-order valence-electron chi connectivity index (χ0n) is 13.1. The minimum Gasteiger partial charge on any atom is -0.338 e. The number of aromatic nitrogens is 4. The monoisotopic (exact) mass is 302 g/mol. The van der Waals surface area contributed by atoms with Crippen LogP contribution >= 0.6 is 0 Å². The second-order valence-corrected chi connectivity index (χ2v) is 6.44. The van der Waals surface area contributed by atoms with Crippen LogP contribution in [0.15, 0.2) is 16.8 Å². The van der Waals surface area contributed by atoms with E-state index in [1.165, 1.54) is 18.5 Å². The van der Waals surface area contributed by atoms with Gasteiger partial charge in [-0.3, -0.25) is 14.5 Å². The van der Waals surface area contributed by atoms with Gasteiger partial charge in [-0.2, -0.15) is 10.1 Å². The summed E-state index contributed by atoms with van der Waals surface area (Å²) in [7, 11) is 4.12. The number of nitrogens with zero attached hydrogens (tertiary/aromatic N) is 6. The largest absolute Gasteiger partial charge is 0.338 e. The Kier molecular flexibility index (Phi) is 3.46. The van der Waals surface area contributed by atoms with E-state index in [0.29, 0.717) is 5.92 Å². The maximum absolute atomic E-state index is 5.54. The van der Waals surface area contributed by atoms with Crippen molar-refractivity contribution in [2.75, 3.05) is 26.7 Å². The molecule has 3 heterocycles. The second-order valence-electron chi connectivity index (χ2n) is 6.44. The van der Waals surface area contributed by atoms with Crippen LogP contribution in [0.2, 0.25) is 0 Å². The first-order chi connectivity index (χ1) is 10.7. The van der Waals surface area contributed by atoms with Crippen molar-refractivity contribution < 1.29 is 4.52 Å². The van der Waals surface area contributed by atoms with E-state index in [-0.39, 0.29) is 6.04 Å². The van der Waals surface area contributed by atoms with Crippen molar-refractivity contribution in [1.29, 1.82) is 0 Å². The van der Waals surface area contributed by atoms with Gasteiger partial charge in [-0.25, -0.2) is 0 Å². The van der Waals surface area contributed by atoms with Gasteiger partial charge in [-0.05, 0) is 26.0 Å². The van der Waals surface area contributed by atoms with Crippen molar-refractivity contribution in [1.82, 2.24) is 29.7 Å². The molecule has 0 aromatic carbocycles. The summed E-state index contributed by atoms with van der Waals surface area (Å²) in [5.74, 6) is 2.20. The van der Waals surface area contributed by atoms with Gasteiger partial charge in [0, 0.05) is 45.3 Å². The maximum Gasteiger partial charge on any atom is 0.245 e. The summed E-state index contributed by atoms with van der Waals surface area (Å²) in [4.78, 5) is 9.37. The van der Waals surface area contributed by atoms with Gasteiger partial charge < -0.3 is 4.52 Å². The molecule has 4 rings (SSSR count). The average molecular weight is 302 g/mol. The molecule has 1 aliphatic heterocycles. The van der Waals surface area contributed by atoms with Crippen LogP contribution in [-0.2, 0) is 13.6 Å². The highest BCUT2D eigenvalue weighted by atomic mass is 16.5. The molecule has 2 aromatic rings. The van der Waals surface area contributed by atoms with E-state index >= 15 is 0 Å². The van der Waals surface area contributed by atoms with Crippen LogP contribution in [0.5, 0.6) is 0 Å². The zero-order chi connectivity index (χ0) is 15.1. The third kappa shape index (κ3) is 2.66. The first-order valence-electron chi connectivity index (χ1n) is 7.93. The first-order valence-corrected chi connectivity index (χ1v) is 7.93. The normalized spacial score (nSPS) is 24.0. The highest BCUT2D eigenvalue weighted by molar-refractivity contribution is 5.06. The van der Waals surface area contributed by atoms with E-state index in [2.05, 4.69) is 38.2 Å². The second kappa shape index (κ2) is 5.48. The van der Waals surface area contributed by atoms with Crippen LogP contribution in [0.25, 0.3) is 0 Å². The fraction of sp³-hybridized carbons (Fsp3) is 0.667. The Balaban J connectivity index is 1.47. The summed E-state index contributed by atoms with van der Waals surface area (Å²) in [6.45, 7) is 3.86. The minimum atomic E-state index is 0.182. The van der Waals surface area contributed by atoms with Crippen LogP contribution in [0.3, 0.4) is 0 Å². The van der Waals surface area contributed by atoms with E-state index in [1.807, 2.05) is 17.9 Å². The van der Waals surface area contributed by atoms with Gasteiger partial charge in [0.1, 0.15) is 6.04 Å². The number of hydrogen-bond donors (Lipinski definition) is 0. The summed E-state index contributed by atoms with van der Waals surface area (Å²) < 4.78 is 7.47. The highest BCUT2D eigenvalue weighted by Crippen LogP contribution is 2.38. The Morgan fingerprint density at radius 1 is 1.27 bits per heavy atom. The molecule has 1 saturated heterocycles. The summed E-state index contributed by atoms with van der Waals surface area (Å²) in [6, 6.07) is 2.26. The van der Waals surface area contributed by atoms with E-state index in [1.54, 1.807) is 0 Å². The van der Waals surface area contributed by atoms with Crippen LogP contribution in [0.4, 0.5) is 0 Å². The number of aryl methyl sites for hydroxylation is 1. The van der Waals surface area contributed by atoms with Crippen LogP contribution in [-0.4, -0.2) is 56.4 Å². The SMILES string of the molecule is CN1CCN(Cc2ccnn2C)CC1c1nc(C2CC2)no1. The molecule has 0 bridgehead atoms. The van der Waals surface area contributed by atoms with Gasteiger partial charge >= 0.3 is 0 Å². The van der Waals surface area contributed by atoms with Crippen molar-refractivity contribution in [3.8, 4) is 0 Å². The van der Waals surface area contributed by atoms with Crippen molar-refractivity contribution in [2.24, 2.45) is 7.05 Å². The lowest BCUT2D eigenvalue weighted by atomic mass is 10.1. The van der Waals surface area contributed by atoms with Gasteiger partial charge in [-0.1, -0.05) is 5.16 Å². The summed E-state index contributed by atoms with van der Waals surface area (Å²) in [5, 5.41) is 8.40. The van der Waals surface area contributed by atoms with Crippen molar-refractivity contribution >= 4 is 0 Å². The number of likely N-dealkylation sites (N-methyl/N-ethyl adjacent to an activating group) is 1. The van der Waals surface area contributed by atoms with Crippen molar-refractivity contribution in [3.63, 3.8) is 0 Å². The smallest absolute Gasteiger partial charge is 0.245 e. The minimum absolute atomic E-state index is 0.182. The Morgan fingerprint density at radius 2 is 2.14 bits per heavy atom. The first kappa shape index (κ1) is 13.9. The Bertz CT molecular complexity index is 646. The predicted molar refractivity (Wildman–Crippen MR) is 80.1 cm³/mol.